The first-order chi connectivity index (χ1) is 14.6. The van der Waals surface area contributed by atoms with Crippen LogP contribution in [-0.4, -0.2) is 39.9 Å². The number of rotatable bonds is 5. The quantitative estimate of drug-likeness (QED) is 0.388. The van der Waals surface area contributed by atoms with Crippen LogP contribution in [0.4, 0.5) is 9.18 Å². The third kappa shape index (κ3) is 5.61. The van der Waals surface area contributed by atoms with E-state index < -0.39 is 23.8 Å². The predicted molar refractivity (Wildman–Crippen MR) is 117 cm³/mol. The number of ether oxygens (including phenoxy) is 1. The van der Waals surface area contributed by atoms with Crippen molar-refractivity contribution in [2.24, 2.45) is 5.73 Å². The van der Waals surface area contributed by atoms with Crippen LogP contribution in [0.1, 0.15) is 56.0 Å². The van der Waals surface area contributed by atoms with Crippen molar-refractivity contribution >= 4 is 11.9 Å². The highest BCUT2D eigenvalue weighted by molar-refractivity contribution is 5.94. The van der Waals surface area contributed by atoms with E-state index in [0.717, 1.165) is 22.3 Å². The fourth-order valence-corrected chi connectivity index (χ4v) is 3.75. The molecule has 0 aliphatic heterocycles. The van der Waals surface area contributed by atoms with Gasteiger partial charge in [0.1, 0.15) is 18.0 Å². The maximum Gasteiger partial charge on any atom is 0.408 e. The van der Waals surface area contributed by atoms with Crippen LogP contribution in [0.15, 0.2) is 42.5 Å². The molecule has 0 radical (unpaired) electrons. The first-order valence-electron chi connectivity index (χ1n) is 10.5. The van der Waals surface area contributed by atoms with E-state index in [9.17, 15) is 14.3 Å². The zero-order valence-corrected chi connectivity index (χ0v) is 18.5. The lowest BCUT2D eigenvalue weighted by Crippen LogP contribution is -2.38. The van der Waals surface area contributed by atoms with Crippen molar-refractivity contribution in [3.63, 3.8) is 0 Å². The molecular weight excluding hydrogens is 397 g/mol. The molecule has 0 aromatic heterocycles. The highest BCUT2D eigenvalue weighted by atomic mass is 19.1. The fraction of sp³-hybridized carbons (Fsp3) is 0.417. The van der Waals surface area contributed by atoms with E-state index in [1.807, 2.05) is 29.7 Å². The number of nitrogens with two attached hydrogens (primary N) is 1. The van der Waals surface area contributed by atoms with E-state index in [1.54, 1.807) is 32.9 Å². The summed E-state index contributed by atoms with van der Waals surface area (Å²) in [7, 11) is 0. The number of carbonyl (C=O) groups excluding carboxylic acids is 1. The van der Waals surface area contributed by atoms with Crippen molar-refractivity contribution < 1.29 is 23.6 Å². The minimum Gasteiger partial charge on any atom is -0.444 e. The number of aliphatic hydroxyl groups is 1. The highest BCUT2D eigenvalue weighted by Crippen LogP contribution is 2.32. The predicted octanol–water partition coefficient (Wildman–Crippen LogP) is 3.25. The van der Waals surface area contributed by atoms with Crippen LogP contribution in [0.2, 0.25) is 0 Å². The van der Waals surface area contributed by atoms with Gasteiger partial charge in [-0.3, -0.25) is 10.3 Å². The molecule has 1 aliphatic carbocycles. The van der Waals surface area contributed by atoms with Gasteiger partial charge in [-0.05, 0) is 68.7 Å². The zero-order chi connectivity index (χ0) is 22.8. The van der Waals surface area contributed by atoms with Crippen LogP contribution in [0, 0.1) is 5.82 Å². The van der Waals surface area contributed by atoms with Gasteiger partial charge in [-0.1, -0.05) is 18.2 Å². The first kappa shape index (κ1) is 22.7. The molecule has 31 heavy (non-hydrogen) atoms. The molecule has 6 nitrogen and oxygen atoms in total. The van der Waals surface area contributed by atoms with Crippen LogP contribution < -0.4 is 11.1 Å². The van der Waals surface area contributed by atoms with E-state index in [-0.39, 0.29) is 5.82 Å². The molecule has 1 aliphatic rings. The Hall–Kier alpha value is -2.93. The number of aliphatic hydroxyl groups excluding tert-OH is 1. The van der Waals surface area contributed by atoms with Gasteiger partial charge < -0.3 is 15.2 Å². The number of nitrogens with zero attached hydrogens (tertiary/aromatic N) is 1. The Morgan fingerprint density at radius 3 is 2.55 bits per heavy atom. The second-order valence-electron chi connectivity index (χ2n) is 8.83. The molecule has 1 amide bonds. The summed E-state index contributed by atoms with van der Waals surface area (Å²) < 4.78 is 20.5. The molecule has 0 saturated heterocycles. The highest BCUT2D eigenvalue weighted by Gasteiger charge is 2.34. The lowest BCUT2D eigenvalue weighted by molar-refractivity contribution is -0.540. The lowest BCUT2D eigenvalue weighted by atomic mass is 10.0. The number of hydrogen-bond acceptors (Lipinski definition) is 3. The Bertz CT molecular complexity index is 981. The zero-order valence-electron chi connectivity index (χ0n) is 18.5. The van der Waals surface area contributed by atoms with E-state index in [2.05, 4.69) is 5.32 Å². The summed E-state index contributed by atoms with van der Waals surface area (Å²) in [6, 6.07) is 11.6. The summed E-state index contributed by atoms with van der Waals surface area (Å²) in [5, 5.41) is 13.3. The number of nitrogens with one attached hydrogen (secondary N) is 1. The molecule has 0 fully saturated rings. The number of alkyl carbamates (subject to hydrolysis) is 1. The molecule has 3 rings (SSSR count). The van der Waals surface area contributed by atoms with Crippen molar-refractivity contribution in [1.29, 1.82) is 0 Å². The van der Waals surface area contributed by atoms with Gasteiger partial charge in [-0.25, -0.2) is 9.18 Å². The average molecular weight is 429 g/mol. The van der Waals surface area contributed by atoms with E-state index in [1.165, 1.54) is 12.1 Å². The van der Waals surface area contributed by atoms with Gasteiger partial charge in [0, 0.05) is 6.42 Å². The van der Waals surface area contributed by atoms with Crippen LogP contribution in [0.25, 0.3) is 0 Å². The summed E-state index contributed by atoms with van der Waals surface area (Å²) in [6.07, 6.45) is -0.859. The Morgan fingerprint density at radius 2 is 1.94 bits per heavy atom. The van der Waals surface area contributed by atoms with Crippen LogP contribution in [0.5, 0.6) is 0 Å². The molecule has 0 unspecified atom stereocenters. The smallest absolute Gasteiger partial charge is 0.408 e. The van der Waals surface area contributed by atoms with Crippen molar-refractivity contribution in [1.82, 2.24) is 5.32 Å². The third-order valence-electron chi connectivity index (χ3n) is 5.27. The maximum absolute atomic E-state index is 13.2. The molecule has 2 aromatic carbocycles. The largest absolute Gasteiger partial charge is 0.444 e. The van der Waals surface area contributed by atoms with Gasteiger partial charge in [0.15, 0.2) is 0 Å². The van der Waals surface area contributed by atoms with Crippen molar-refractivity contribution in [3.8, 4) is 0 Å². The summed E-state index contributed by atoms with van der Waals surface area (Å²) in [5.74, 6) is 0.302. The van der Waals surface area contributed by atoms with Gasteiger partial charge in [0.05, 0.1) is 24.3 Å². The molecule has 0 bridgehead atoms. The van der Waals surface area contributed by atoms with Gasteiger partial charge in [0.2, 0.25) is 0 Å². The minimum absolute atomic E-state index is 0.274. The van der Waals surface area contributed by atoms with E-state index >= 15 is 0 Å². The Labute approximate surface area is 182 Å². The molecule has 2 aromatic rings. The molecule has 0 spiro atoms. The Kier molecular flexibility index (Phi) is 6.65. The molecule has 4 N–H and O–H groups in total. The first-order valence-corrected chi connectivity index (χ1v) is 10.5. The lowest BCUT2D eigenvalue weighted by Gasteiger charge is -2.23. The summed E-state index contributed by atoms with van der Waals surface area (Å²) in [6.45, 7) is 8.59. The molecule has 0 heterocycles. The van der Waals surface area contributed by atoms with Crippen molar-refractivity contribution in [2.75, 3.05) is 6.54 Å². The fourth-order valence-electron chi connectivity index (χ4n) is 3.75. The summed E-state index contributed by atoms with van der Waals surface area (Å²) in [4.78, 5) is 12.3. The summed E-state index contributed by atoms with van der Waals surface area (Å²) >= 11 is 0. The number of carbonyl (C=O) groups is 1. The third-order valence-corrected chi connectivity index (χ3v) is 5.27. The van der Waals surface area contributed by atoms with Crippen LogP contribution >= 0.6 is 0 Å². The number of amides is 1. The van der Waals surface area contributed by atoms with Gasteiger partial charge in [0.25, 0.3) is 5.84 Å². The standard InChI is InChI=1S/C24H30FN3O3/c1-5-28(14-15-6-10-18(25)11-7-15)22(26)17-9-8-16-13-20(29)21(19(16)12-17)27-23(30)31-24(2,3)4/h6-12,20-21,26,29H,5,13-14H2,1-4H3,(H,27,30)/p+1/t20-,21-/m1/s1. The second kappa shape index (κ2) is 9.06. The monoisotopic (exact) mass is 428 g/mol. The maximum atomic E-state index is 13.2. The Morgan fingerprint density at radius 1 is 1.26 bits per heavy atom. The van der Waals surface area contributed by atoms with Gasteiger partial charge in [-0.15, -0.1) is 0 Å². The van der Waals surface area contributed by atoms with Crippen molar-refractivity contribution in [2.45, 2.75) is 58.4 Å². The molecule has 2 atom stereocenters. The average Bonchev–Trinajstić information content (AvgIpc) is 3.00. The molecular formula is C24H31FN3O3+. The second-order valence-corrected chi connectivity index (χ2v) is 8.83. The van der Waals surface area contributed by atoms with Gasteiger partial charge >= 0.3 is 6.09 Å². The minimum atomic E-state index is -0.736. The number of hydrogen-bond donors (Lipinski definition) is 3. The molecule has 166 valence electrons. The summed E-state index contributed by atoms with van der Waals surface area (Å²) in [5.41, 5.74) is 9.40. The van der Waals surface area contributed by atoms with Crippen molar-refractivity contribution in [3.05, 3.63) is 70.5 Å². The molecule has 7 heteroatoms. The van der Waals surface area contributed by atoms with Crippen LogP contribution in [0.3, 0.4) is 0 Å². The number of amidine groups is 1. The van der Waals surface area contributed by atoms with Crippen LogP contribution in [-0.2, 0) is 17.7 Å². The number of benzene rings is 2. The number of fused-ring (bicyclic) bond motifs is 1. The SMILES string of the molecule is CC[N+](Cc1ccc(F)cc1)=C(N)c1ccc2c(c1)[C@@H](NC(=O)OC(C)(C)C)[C@H](O)C2. The normalized spacial score (nSPS) is 18.9. The topological polar surface area (TPSA) is 87.6 Å². The van der Waals surface area contributed by atoms with E-state index in [0.29, 0.717) is 25.3 Å². The van der Waals surface area contributed by atoms with Gasteiger partial charge in [-0.2, -0.15) is 0 Å². The molecule has 0 saturated carbocycles. The Balaban J connectivity index is 1.86. The van der Waals surface area contributed by atoms with E-state index in [4.69, 9.17) is 10.5 Å². The number of halogens is 1.